The number of para-hydroxylation sites is 1. The smallest absolute Gasteiger partial charge is 0.266 e. The Balaban J connectivity index is 1.98. The normalized spacial score (nSPS) is 10.9. The number of rotatable bonds is 6. The minimum absolute atomic E-state index is 0.0188. The van der Waals surface area contributed by atoms with Crippen LogP contribution in [0.3, 0.4) is 0 Å². The molecule has 1 aromatic heterocycles. The molecule has 0 radical (unpaired) electrons. The summed E-state index contributed by atoms with van der Waals surface area (Å²) in [6.45, 7) is 4.25. The van der Waals surface area contributed by atoms with Gasteiger partial charge >= 0.3 is 0 Å². The maximum absolute atomic E-state index is 12.8. The molecule has 6 nitrogen and oxygen atoms in total. The Morgan fingerprint density at radius 3 is 2.43 bits per heavy atom. The van der Waals surface area contributed by atoms with Crippen molar-refractivity contribution in [3.63, 3.8) is 0 Å². The lowest BCUT2D eigenvalue weighted by atomic mass is 10.1. The Morgan fingerprint density at radius 1 is 1.10 bits per heavy atom. The topological polar surface area (TPSA) is 94.5 Å². The van der Waals surface area contributed by atoms with Crippen LogP contribution in [0.15, 0.2) is 60.3 Å². The van der Waals surface area contributed by atoms with Gasteiger partial charge in [0.25, 0.3) is 5.91 Å². The van der Waals surface area contributed by atoms with Crippen LogP contribution in [-0.2, 0) is 11.3 Å². The third kappa shape index (κ3) is 4.63. The van der Waals surface area contributed by atoms with E-state index in [9.17, 15) is 10.1 Å². The maximum Gasteiger partial charge on any atom is 0.266 e. The number of nitrogens with zero attached hydrogens (tertiary/aromatic N) is 4. The molecule has 1 heterocycles. The van der Waals surface area contributed by atoms with Crippen molar-refractivity contribution in [2.75, 3.05) is 5.32 Å². The second-order valence-electron chi connectivity index (χ2n) is 6.86. The molecule has 0 spiro atoms. The molecule has 1 N–H and O–H groups in total. The fraction of sp³-hybridized carbons (Fsp3) is 0.167. The number of nitriles is 2. The molecule has 3 aromatic rings. The van der Waals surface area contributed by atoms with Crippen LogP contribution in [-0.4, -0.2) is 15.7 Å². The number of hydrogen-bond acceptors (Lipinski definition) is 4. The van der Waals surface area contributed by atoms with Gasteiger partial charge in [0.2, 0.25) is 0 Å². The highest BCUT2D eigenvalue weighted by Crippen LogP contribution is 2.25. The van der Waals surface area contributed by atoms with E-state index in [0.717, 1.165) is 16.7 Å². The van der Waals surface area contributed by atoms with Gasteiger partial charge in [-0.05, 0) is 31.1 Å². The largest absolute Gasteiger partial charge is 0.321 e. The van der Waals surface area contributed by atoms with Gasteiger partial charge in [0.15, 0.2) is 0 Å². The van der Waals surface area contributed by atoms with Crippen LogP contribution in [0.25, 0.3) is 17.3 Å². The first-order valence-corrected chi connectivity index (χ1v) is 9.52. The SMILES string of the molecule is Cc1cccc(C)c1NC(=O)/C(C#N)=C/c1cn(CCC#N)nc1-c1ccccc1. The zero-order valence-electron chi connectivity index (χ0n) is 16.9. The van der Waals surface area contributed by atoms with Crippen LogP contribution in [0.5, 0.6) is 0 Å². The summed E-state index contributed by atoms with van der Waals surface area (Å²) in [6.07, 6.45) is 3.61. The summed E-state index contributed by atoms with van der Waals surface area (Å²) in [5.74, 6) is -0.473. The van der Waals surface area contributed by atoms with E-state index < -0.39 is 5.91 Å². The first kappa shape index (κ1) is 20.6. The number of nitrogens with one attached hydrogen (secondary N) is 1. The van der Waals surface area contributed by atoms with Crippen LogP contribution in [0.1, 0.15) is 23.1 Å². The molecule has 0 aliphatic heterocycles. The molecule has 0 fully saturated rings. The van der Waals surface area contributed by atoms with E-state index in [4.69, 9.17) is 5.26 Å². The lowest BCUT2D eigenvalue weighted by molar-refractivity contribution is -0.112. The first-order valence-electron chi connectivity index (χ1n) is 9.52. The maximum atomic E-state index is 12.8. The van der Waals surface area contributed by atoms with Gasteiger partial charge in [0, 0.05) is 23.0 Å². The average molecular weight is 395 g/mol. The molecular formula is C24H21N5O. The number of benzene rings is 2. The minimum atomic E-state index is -0.473. The van der Waals surface area contributed by atoms with Crippen molar-refractivity contribution in [1.29, 1.82) is 10.5 Å². The summed E-state index contributed by atoms with van der Waals surface area (Å²) < 4.78 is 1.66. The summed E-state index contributed by atoms with van der Waals surface area (Å²) in [5, 5.41) is 25.9. The molecule has 0 aliphatic carbocycles. The lowest BCUT2D eigenvalue weighted by Crippen LogP contribution is -2.15. The van der Waals surface area contributed by atoms with Crippen molar-refractivity contribution in [1.82, 2.24) is 9.78 Å². The highest BCUT2D eigenvalue weighted by molar-refractivity contribution is 6.10. The van der Waals surface area contributed by atoms with Gasteiger partial charge in [-0.2, -0.15) is 15.6 Å². The quantitative estimate of drug-likeness (QED) is 0.486. The number of carbonyl (C=O) groups excluding carboxylic acids is 1. The van der Waals surface area contributed by atoms with E-state index >= 15 is 0 Å². The fourth-order valence-corrected chi connectivity index (χ4v) is 3.14. The fourth-order valence-electron chi connectivity index (χ4n) is 3.14. The van der Waals surface area contributed by atoms with Crippen molar-refractivity contribution in [3.8, 4) is 23.4 Å². The first-order chi connectivity index (χ1) is 14.5. The van der Waals surface area contributed by atoms with Crippen molar-refractivity contribution in [2.45, 2.75) is 26.8 Å². The molecule has 0 saturated carbocycles. The number of hydrogen-bond donors (Lipinski definition) is 1. The van der Waals surface area contributed by atoms with Gasteiger partial charge in [-0.15, -0.1) is 0 Å². The molecule has 0 atom stereocenters. The summed E-state index contributed by atoms with van der Waals surface area (Å²) in [5.41, 5.74) is 4.71. The van der Waals surface area contributed by atoms with Gasteiger partial charge in [-0.1, -0.05) is 48.5 Å². The molecule has 148 valence electrons. The summed E-state index contributed by atoms with van der Waals surface area (Å²) in [7, 11) is 0. The number of aryl methyl sites for hydroxylation is 3. The van der Waals surface area contributed by atoms with Crippen molar-refractivity contribution in [2.24, 2.45) is 0 Å². The van der Waals surface area contributed by atoms with Gasteiger partial charge in [0.05, 0.1) is 24.7 Å². The Hall–Kier alpha value is -4.16. The van der Waals surface area contributed by atoms with Gasteiger partial charge < -0.3 is 5.32 Å². The Bertz CT molecular complexity index is 1160. The molecular weight excluding hydrogens is 374 g/mol. The second kappa shape index (κ2) is 9.36. The molecule has 0 saturated heterocycles. The number of carbonyl (C=O) groups is 1. The highest BCUT2D eigenvalue weighted by Gasteiger charge is 2.16. The van der Waals surface area contributed by atoms with E-state index in [-0.39, 0.29) is 5.57 Å². The zero-order chi connectivity index (χ0) is 21.5. The molecule has 3 rings (SSSR count). The summed E-state index contributed by atoms with van der Waals surface area (Å²) in [4.78, 5) is 12.8. The molecule has 0 aliphatic rings. The van der Waals surface area contributed by atoms with E-state index in [1.54, 1.807) is 17.0 Å². The van der Waals surface area contributed by atoms with Crippen molar-refractivity contribution in [3.05, 3.63) is 77.0 Å². The second-order valence-corrected chi connectivity index (χ2v) is 6.86. The van der Waals surface area contributed by atoms with E-state index in [1.807, 2.05) is 68.4 Å². The zero-order valence-corrected chi connectivity index (χ0v) is 16.9. The minimum Gasteiger partial charge on any atom is -0.321 e. The van der Waals surface area contributed by atoms with E-state index in [1.165, 1.54) is 0 Å². The van der Waals surface area contributed by atoms with Gasteiger partial charge in [-0.3, -0.25) is 9.48 Å². The number of aromatic nitrogens is 2. The summed E-state index contributed by atoms with van der Waals surface area (Å²) in [6, 6.07) is 19.4. The Kier molecular flexibility index (Phi) is 6.42. The van der Waals surface area contributed by atoms with Crippen LogP contribution in [0, 0.1) is 36.5 Å². The molecule has 0 bridgehead atoms. The highest BCUT2D eigenvalue weighted by atomic mass is 16.1. The van der Waals surface area contributed by atoms with Crippen molar-refractivity contribution >= 4 is 17.7 Å². The van der Waals surface area contributed by atoms with Crippen LogP contribution in [0.4, 0.5) is 5.69 Å². The van der Waals surface area contributed by atoms with E-state index in [0.29, 0.717) is 29.9 Å². The molecule has 0 unspecified atom stereocenters. The molecule has 2 aromatic carbocycles. The Labute approximate surface area is 175 Å². The van der Waals surface area contributed by atoms with Crippen LogP contribution >= 0.6 is 0 Å². The van der Waals surface area contributed by atoms with Crippen LogP contribution in [0.2, 0.25) is 0 Å². The third-order valence-electron chi connectivity index (χ3n) is 4.67. The molecule has 6 heteroatoms. The predicted octanol–water partition coefficient (Wildman–Crippen LogP) is 4.63. The predicted molar refractivity (Wildman–Crippen MR) is 116 cm³/mol. The third-order valence-corrected chi connectivity index (χ3v) is 4.67. The van der Waals surface area contributed by atoms with E-state index in [2.05, 4.69) is 16.5 Å². The van der Waals surface area contributed by atoms with Gasteiger partial charge in [0.1, 0.15) is 11.6 Å². The van der Waals surface area contributed by atoms with Gasteiger partial charge in [-0.25, -0.2) is 0 Å². The molecule has 1 amide bonds. The standard InChI is InChI=1S/C24H21N5O/c1-17-8-6-9-18(2)22(17)27-24(30)20(15-26)14-21-16-29(13-7-12-25)28-23(21)19-10-4-3-5-11-19/h3-6,8-11,14,16H,7,13H2,1-2H3,(H,27,30)/b20-14+. The summed E-state index contributed by atoms with van der Waals surface area (Å²) >= 11 is 0. The number of amides is 1. The number of anilines is 1. The Morgan fingerprint density at radius 2 is 1.80 bits per heavy atom. The van der Waals surface area contributed by atoms with Crippen molar-refractivity contribution < 1.29 is 4.79 Å². The monoisotopic (exact) mass is 395 g/mol. The van der Waals surface area contributed by atoms with Crippen LogP contribution < -0.4 is 5.32 Å². The lowest BCUT2D eigenvalue weighted by Gasteiger charge is -2.10. The average Bonchev–Trinajstić information content (AvgIpc) is 3.16. The molecule has 30 heavy (non-hydrogen) atoms.